The highest BCUT2D eigenvalue weighted by Gasteiger charge is 2.56. The van der Waals surface area contributed by atoms with Gasteiger partial charge in [0.1, 0.15) is 11.9 Å². The van der Waals surface area contributed by atoms with Crippen molar-refractivity contribution in [2.24, 2.45) is 11.8 Å². The number of hydrogen-bond donors (Lipinski definition) is 2. The first-order valence-electron chi connectivity index (χ1n) is 9.54. The van der Waals surface area contributed by atoms with Gasteiger partial charge in [-0.05, 0) is 12.1 Å². The van der Waals surface area contributed by atoms with Crippen LogP contribution < -0.4 is 10.9 Å². The van der Waals surface area contributed by atoms with E-state index >= 15 is 0 Å². The lowest BCUT2D eigenvalue weighted by atomic mass is 9.88. The van der Waals surface area contributed by atoms with Crippen molar-refractivity contribution in [2.75, 3.05) is 6.61 Å². The number of nitrogens with one attached hydrogen (secondary N) is 1. The molecular weight excluding hydrogens is 377 g/mol. The average Bonchev–Trinajstić information content (AvgIpc) is 3.22. The van der Waals surface area contributed by atoms with Crippen LogP contribution in [0.3, 0.4) is 0 Å². The van der Waals surface area contributed by atoms with E-state index in [1.165, 1.54) is 24.0 Å². The molecule has 152 valence electrons. The summed E-state index contributed by atoms with van der Waals surface area (Å²) in [6.45, 7) is 1.40. The minimum Gasteiger partial charge on any atom is -0.396 e. The number of aliphatic hydroxyl groups is 1. The Morgan fingerprint density at radius 1 is 1.21 bits per heavy atom. The number of pyridine rings is 1. The number of carbonyl (C=O) groups is 2. The molecule has 1 aromatic carbocycles. The molecule has 3 heterocycles. The van der Waals surface area contributed by atoms with Gasteiger partial charge in [0.05, 0.1) is 6.04 Å². The van der Waals surface area contributed by atoms with Crippen molar-refractivity contribution >= 4 is 11.8 Å². The number of likely N-dealkylation sites (tertiary alicyclic amines) is 1. The quantitative estimate of drug-likeness (QED) is 0.796. The lowest BCUT2D eigenvalue weighted by Crippen LogP contribution is -2.49. The van der Waals surface area contributed by atoms with Crippen molar-refractivity contribution < 1.29 is 19.1 Å². The minimum absolute atomic E-state index is 0.0166. The van der Waals surface area contributed by atoms with Crippen LogP contribution >= 0.6 is 0 Å². The van der Waals surface area contributed by atoms with E-state index in [0.717, 1.165) is 0 Å². The zero-order chi connectivity index (χ0) is 20.7. The molecule has 1 fully saturated rings. The fraction of sp³-hybridized carbons (Fsp3) is 0.381. The summed E-state index contributed by atoms with van der Waals surface area (Å²) in [5.41, 5.74) is 0.837. The Bertz CT molecular complexity index is 1020. The highest BCUT2D eigenvalue weighted by molar-refractivity contribution is 5.88. The van der Waals surface area contributed by atoms with Crippen LogP contribution in [-0.4, -0.2) is 39.0 Å². The number of aliphatic hydroxyl groups excluding tert-OH is 1. The molecule has 0 unspecified atom stereocenters. The Morgan fingerprint density at radius 2 is 1.97 bits per heavy atom. The average molecular weight is 399 g/mol. The van der Waals surface area contributed by atoms with Crippen LogP contribution in [0.1, 0.15) is 24.2 Å². The second-order valence-corrected chi connectivity index (χ2v) is 7.53. The predicted octanol–water partition coefficient (Wildman–Crippen LogP) is 0.814. The second-order valence-electron chi connectivity index (χ2n) is 7.53. The van der Waals surface area contributed by atoms with Gasteiger partial charge in [-0.1, -0.05) is 24.3 Å². The van der Waals surface area contributed by atoms with E-state index in [9.17, 15) is 23.9 Å². The van der Waals surface area contributed by atoms with Gasteiger partial charge in [-0.3, -0.25) is 14.4 Å². The number of fused-ring (bicyclic) bond motifs is 3. The largest absolute Gasteiger partial charge is 0.396 e. The van der Waals surface area contributed by atoms with Crippen LogP contribution in [0.15, 0.2) is 47.3 Å². The summed E-state index contributed by atoms with van der Waals surface area (Å²) >= 11 is 0. The van der Waals surface area contributed by atoms with Crippen LogP contribution in [0, 0.1) is 17.7 Å². The number of carbonyl (C=O) groups excluding carboxylic acids is 2. The van der Waals surface area contributed by atoms with Crippen molar-refractivity contribution in [3.8, 4) is 0 Å². The molecule has 4 atom stereocenters. The van der Waals surface area contributed by atoms with Crippen molar-refractivity contribution in [2.45, 2.75) is 32.1 Å². The number of aromatic nitrogens is 1. The second kappa shape index (κ2) is 7.44. The van der Waals surface area contributed by atoms with Gasteiger partial charge < -0.3 is 19.9 Å². The van der Waals surface area contributed by atoms with E-state index in [-0.39, 0.29) is 30.5 Å². The lowest BCUT2D eigenvalue weighted by molar-refractivity contribution is -0.140. The van der Waals surface area contributed by atoms with Gasteiger partial charge in [-0.15, -0.1) is 0 Å². The molecule has 4 rings (SSSR count). The monoisotopic (exact) mass is 399 g/mol. The summed E-state index contributed by atoms with van der Waals surface area (Å²) < 4.78 is 15.5. The highest BCUT2D eigenvalue weighted by Crippen LogP contribution is 2.48. The first-order chi connectivity index (χ1) is 13.9. The Balaban J connectivity index is 1.64. The van der Waals surface area contributed by atoms with Crippen molar-refractivity contribution in [3.05, 3.63) is 69.9 Å². The van der Waals surface area contributed by atoms with Gasteiger partial charge >= 0.3 is 0 Å². The van der Waals surface area contributed by atoms with Crippen molar-refractivity contribution in [1.29, 1.82) is 0 Å². The third kappa shape index (κ3) is 3.13. The van der Waals surface area contributed by atoms with Gasteiger partial charge in [-0.25, -0.2) is 4.39 Å². The number of hydrogen-bond acceptors (Lipinski definition) is 4. The normalized spacial score (nSPS) is 24.9. The first-order valence-corrected chi connectivity index (χ1v) is 9.54. The molecule has 7 nitrogen and oxygen atoms in total. The zero-order valence-electron chi connectivity index (χ0n) is 15.9. The SMILES string of the molecule is CC(=O)N1[C@H](C(=O)NCc2ccccc2F)[C@@H](CO)[C@@H]2Cn3c(cccc3=O)[C@@H]21. The van der Waals surface area contributed by atoms with Gasteiger partial charge in [0, 0.05) is 55.8 Å². The summed E-state index contributed by atoms with van der Waals surface area (Å²) in [5, 5.41) is 12.7. The number of nitrogens with zero attached hydrogens (tertiary/aromatic N) is 2. The smallest absolute Gasteiger partial charge is 0.250 e. The van der Waals surface area contributed by atoms with Gasteiger partial charge in [0.25, 0.3) is 5.56 Å². The summed E-state index contributed by atoms with van der Waals surface area (Å²) in [6.07, 6.45) is 0. The molecule has 2 aromatic rings. The van der Waals surface area contributed by atoms with Gasteiger partial charge in [0.2, 0.25) is 11.8 Å². The molecule has 0 bridgehead atoms. The first kappa shape index (κ1) is 19.3. The Kier molecular flexibility index (Phi) is 4.96. The van der Waals surface area contributed by atoms with Gasteiger partial charge in [-0.2, -0.15) is 0 Å². The molecule has 29 heavy (non-hydrogen) atoms. The molecule has 0 saturated carbocycles. The van der Waals surface area contributed by atoms with Crippen molar-refractivity contribution in [3.63, 3.8) is 0 Å². The van der Waals surface area contributed by atoms with Crippen molar-refractivity contribution in [1.82, 2.24) is 14.8 Å². The molecule has 2 N–H and O–H groups in total. The number of rotatable bonds is 4. The molecule has 0 spiro atoms. The van der Waals surface area contributed by atoms with E-state index in [1.54, 1.807) is 34.9 Å². The fourth-order valence-electron chi connectivity index (χ4n) is 4.73. The van der Waals surface area contributed by atoms with Crippen LogP contribution in [0.25, 0.3) is 0 Å². The van der Waals surface area contributed by atoms with E-state index in [4.69, 9.17) is 0 Å². The zero-order valence-corrected chi connectivity index (χ0v) is 15.9. The standard InChI is InChI=1S/C21H22FN3O4/c1-12(27)25-19-14(10-24-17(19)7-4-8-18(24)28)15(11-26)20(25)21(29)23-9-13-5-2-3-6-16(13)22/h2-8,14-15,19-20,26H,9-11H2,1H3,(H,23,29)/t14-,15-,19+,20-/m0/s1. The summed E-state index contributed by atoms with van der Waals surface area (Å²) in [5.74, 6) is -1.95. The Hall–Kier alpha value is -3.00. The third-order valence-electron chi connectivity index (χ3n) is 5.99. The Labute approximate surface area is 166 Å². The van der Waals surface area contributed by atoms with Crippen LogP contribution in [0.5, 0.6) is 0 Å². The molecule has 2 amide bonds. The molecular formula is C21H22FN3O4. The minimum atomic E-state index is -0.886. The molecule has 1 saturated heterocycles. The molecule has 2 aliphatic heterocycles. The van der Waals surface area contributed by atoms with Crippen LogP contribution in [0.4, 0.5) is 4.39 Å². The lowest BCUT2D eigenvalue weighted by Gasteiger charge is -2.30. The van der Waals surface area contributed by atoms with E-state index in [1.807, 2.05) is 0 Å². The maximum atomic E-state index is 13.9. The summed E-state index contributed by atoms with van der Waals surface area (Å²) in [6, 6.07) is 9.66. The third-order valence-corrected chi connectivity index (χ3v) is 5.99. The topological polar surface area (TPSA) is 91.6 Å². The summed E-state index contributed by atoms with van der Waals surface area (Å²) in [7, 11) is 0. The fourth-order valence-corrected chi connectivity index (χ4v) is 4.73. The Morgan fingerprint density at radius 3 is 2.66 bits per heavy atom. The molecule has 1 aromatic heterocycles. The maximum Gasteiger partial charge on any atom is 0.250 e. The van der Waals surface area contributed by atoms with Gasteiger partial charge in [0.15, 0.2) is 0 Å². The summed E-state index contributed by atoms with van der Waals surface area (Å²) in [4.78, 5) is 39.2. The van der Waals surface area contributed by atoms with E-state index in [2.05, 4.69) is 5.32 Å². The van der Waals surface area contributed by atoms with Crippen LogP contribution in [-0.2, 0) is 22.7 Å². The molecule has 8 heteroatoms. The molecule has 0 radical (unpaired) electrons. The maximum absolute atomic E-state index is 13.9. The number of halogens is 1. The van der Waals surface area contributed by atoms with Crippen LogP contribution in [0.2, 0.25) is 0 Å². The molecule has 0 aliphatic carbocycles. The predicted molar refractivity (Wildman–Crippen MR) is 102 cm³/mol. The number of benzene rings is 1. The number of amides is 2. The highest BCUT2D eigenvalue weighted by atomic mass is 19.1. The van der Waals surface area contributed by atoms with E-state index < -0.39 is 29.7 Å². The molecule has 2 aliphatic rings. The van der Waals surface area contributed by atoms with E-state index in [0.29, 0.717) is 17.8 Å².